The average molecular weight is 1240 g/mol. The molecule has 9 rings (SSSR count). The maximum atomic E-state index is 12.0. The number of piperidine rings is 1. The number of fused-ring (bicyclic) bond motifs is 4. The molecule has 4 aromatic carbocycles. The van der Waals surface area contributed by atoms with Crippen LogP contribution in [-0.4, -0.2) is 50.8 Å². The zero-order valence-electron chi connectivity index (χ0n) is 34.2. The maximum Gasteiger partial charge on any atom is 0.407 e. The third-order valence-electron chi connectivity index (χ3n) is 9.53. The van der Waals surface area contributed by atoms with Gasteiger partial charge in [-0.1, -0.05) is 98.5 Å². The van der Waals surface area contributed by atoms with Crippen molar-refractivity contribution in [1.29, 1.82) is 0 Å². The Labute approximate surface area is 425 Å². The Bertz CT molecular complexity index is 3090. The Hall–Kier alpha value is -3.54. The molecule has 0 atom stereocenters. The van der Waals surface area contributed by atoms with Gasteiger partial charge in [0.1, 0.15) is 10.6 Å². The Balaban J connectivity index is 0.000000151. The van der Waals surface area contributed by atoms with Crippen molar-refractivity contribution in [2.24, 2.45) is 0 Å². The normalized spacial score (nSPS) is 12.8. The number of aromatic amines is 2. The first-order chi connectivity index (χ1) is 30.4. The van der Waals surface area contributed by atoms with E-state index in [0.29, 0.717) is 20.8 Å². The van der Waals surface area contributed by atoms with Crippen LogP contribution in [0.25, 0.3) is 43.6 Å². The van der Waals surface area contributed by atoms with Crippen molar-refractivity contribution in [1.82, 2.24) is 25.3 Å². The largest absolute Gasteiger partial charge is 0.444 e. The van der Waals surface area contributed by atoms with Crippen LogP contribution in [0.2, 0.25) is 15.1 Å². The Morgan fingerprint density at radius 3 is 1.81 bits per heavy atom. The molecule has 10 nitrogen and oxygen atoms in total. The monoisotopic (exact) mass is 1240 g/mol. The molecule has 0 radical (unpaired) electrons. The van der Waals surface area contributed by atoms with Crippen LogP contribution in [0, 0.1) is 0 Å². The number of carbonyl (C=O) groups excluding carboxylic acids is 1. The summed E-state index contributed by atoms with van der Waals surface area (Å²) >= 11 is 35.0. The highest BCUT2D eigenvalue weighted by atomic mass is 79.9. The summed E-state index contributed by atoms with van der Waals surface area (Å²) in [5.41, 5.74) is 3.93. The molecular weight excluding hydrogens is 1210 g/mol. The van der Waals surface area contributed by atoms with Crippen LogP contribution >= 0.6 is 114 Å². The molecule has 1 saturated heterocycles. The van der Waals surface area contributed by atoms with E-state index in [0.717, 1.165) is 86.8 Å². The zero-order chi connectivity index (χ0) is 46.3. The second-order valence-corrected chi connectivity index (χ2v) is 21.0. The van der Waals surface area contributed by atoms with Crippen molar-refractivity contribution >= 4 is 170 Å². The molecule has 64 heavy (non-hydrogen) atoms. The fourth-order valence-electron chi connectivity index (χ4n) is 6.59. The molecule has 0 unspecified atom stereocenters. The molecule has 5 heterocycles. The van der Waals surface area contributed by atoms with E-state index in [2.05, 4.69) is 116 Å². The van der Waals surface area contributed by atoms with E-state index >= 15 is 0 Å². The highest BCUT2D eigenvalue weighted by Gasteiger charge is 2.26. The number of anilines is 1. The number of ether oxygens (including phenoxy) is 1. The average Bonchev–Trinajstić information content (AvgIpc) is 3.25. The van der Waals surface area contributed by atoms with Gasteiger partial charge in [-0.2, -0.15) is 0 Å². The number of amides is 1. The van der Waals surface area contributed by atoms with Crippen molar-refractivity contribution in [3.05, 3.63) is 162 Å². The van der Waals surface area contributed by atoms with Crippen LogP contribution in [0.5, 0.6) is 0 Å². The zero-order valence-corrected chi connectivity index (χ0v) is 44.4. The van der Waals surface area contributed by atoms with Gasteiger partial charge >= 0.3 is 6.09 Å². The fraction of sp³-hybridized carbons (Fsp3) is 0.196. The molecule has 1 amide bonds. The van der Waals surface area contributed by atoms with Crippen LogP contribution in [0.1, 0.15) is 33.6 Å². The molecule has 0 aliphatic carbocycles. The Kier molecular flexibility index (Phi) is 17.4. The van der Waals surface area contributed by atoms with Crippen molar-refractivity contribution in [2.75, 3.05) is 18.0 Å². The van der Waals surface area contributed by atoms with Crippen LogP contribution in [0.3, 0.4) is 0 Å². The molecule has 0 spiro atoms. The summed E-state index contributed by atoms with van der Waals surface area (Å²) in [5.74, 6) is 0. The van der Waals surface area contributed by atoms with Crippen LogP contribution in [0.4, 0.5) is 10.5 Å². The number of carbonyl (C=O) groups is 1. The predicted molar refractivity (Wildman–Crippen MR) is 281 cm³/mol. The number of aromatic nitrogens is 4. The van der Waals surface area contributed by atoms with Crippen LogP contribution in [-0.2, 0) is 4.74 Å². The number of alkyl carbamates (subject to hydrolysis) is 1. The SMILES string of the molecule is CC(C)(C)OC(=O)NC1CCN(c2c(Cl)cnc3ccc(Br)cc23)CC1.Clc1cnc2ccc(Br)cc2c1Br.O=c1c(Cl)c[nH]c2ccc(Br)cc12.O=c1cc[nH]c2ccc(Br)cc12. The molecule has 4 aromatic heterocycles. The van der Waals surface area contributed by atoms with E-state index in [1.165, 1.54) is 12.3 Å². The lowest BCUT2D eigenvalue weighted by Gasteiger charge is -2.35. The summed E-state index contributed by atoms with van der Waals surface area (Å²) in [6, 6.07) is 24.6. The first-order valence-electron chi connectivity index (χ1n) is 19.5. The lowest BCUT2D eigenvalue weighted by Crippen LogP contribution is -2.46. The summed E-state index contributed by atoms with van der Waals surface area (Å²) in [6.07, 6.45) is 7.83. The standard InChI is InChI=1S/C19H23BrClN3O2.C9H4Br2ClN.C9H5BrClNO.C9H6BrNO/c1-19(2,3)26-18(25)23-13-6-8-24(9-7-13)17-14-10-12(20)4-5-16(14)22-11-15(17)21;10-5-1-2-8-6(3-5)9(11)7(12)4-13-8;10-5-1-2-8-6(3-5)9(13)7(11)4-12-8;10-6-1-2-8-7(5-6)9(12)3-4-11-8/h4-5,10-11,13H,6-9H2,1-3H3,(H,23,25);1-4H;1-4H,(H,12,13);1-5H,(H,11,12). The van der Waals surface area contributed by atoms with Crippen molar-refractivity contribution in [2.45, 2.75) is 45.3 Å². The van der Waals surface area contributed by atoms with Crippen molar-refractivity contribution in [3.8, 4) is 0 Å². The summed E-state index contributed by atoms with van der Waals surface area (Å²) in [6.45, 7) is 7.22. The number of rotatable bonds is 2. The number of pyridine rings is 4. The van der Waals surface area contributed by atoms with Gasteiger partial charge in [-0.05, 0) is 122 Å². The highest BCUT2D eigenvalue weighted by Crippen LogP contribution is 2.36. The minimum atomic E-state index is -0.484. The molecule has 1 aliphatic rings. The first kappa shape index (κ1) is 49.9. The number of halogens is 8. The van der Waals surface area contributed by atoms with E-state index in [9.17, 15) is 14.4 Å². The summed E-state index contributed by atoms with van der Waals surface area (Å²) in [5, 5.41) is 7.82. The van der Waals surface area contributed by atoms with Gasteiger partial charge in [-0.15, -0.1) is 0 Å². The van der Waals surface area contributed by atoms with Crippen molar-refractivity contribution < 1.29 is 9.53 Å². The predicted octanol–water partition coefficient (Wildman–Crippen LogP) is 14.8. The van der Waals surface area contributed by atoms with Gasteiger partial charge in [0, 0.05) is 105 Å². The third-order valence-corrected chi connectivity index (χ3v) is 13.4. The van der Waals surface area contributed by atoms with Gasteiger partial charge in [0.2, 0.25) is 5.43 Å². The second-order valence-electron chi connectivity index (χ2n) is 15.3. The maximum absolute atomic E-state index is 12.0. The number of H-pyrrole nitrogens is 2. The van der Waals surface area contributed by atoms with Crippen LogP contribution in [0.15, 0.2) is 136 Å². The van der Waals surface area contributed by atoms with Gasteiger partial charge in [0.25, 0.3) is 0 Å². The smallest absolute Gasteiger partial charge is 0.407 e. The first-order valence-corrected chi connectivity index (χ1v) is 24.6. The molecule has 0 bridgehead atoms. The minimum Gasteiger partial charge on any atom is -0.444 e. The van der Waals surface area contributed by atoms with Crippen molar-refractivity contribution in [3.63, 3.8) is 0 Å². The summed E-state index contributed by atoms with van der Waals surface area (Å²) in [4.78, 5) is 51.6. The van der Waals surface area contributed by atoms with Gasteiger partial charge in [0.05, 0.1) is 26.8 Å². The quantitative estimate of drug-likeness (QED) is 0.157. The molecule has 18 heteroatoms. The topological polar surface area (TPSA) is 133 Å². The second kappa shape index (κ2) is 22.3. The molecule has 1 aliphatic heterocycles. The summed E-state index contributed by atoms with van der Waals surface area (Å²) < 4.78 is 10.0. The van der Waals surface area contributed by atoms with E-state index in [1.807, 2.05) is 81.4 Å². The van der Waals surface area contributed by atoms with E-state index in [4.69, 9.17) is 39.5 Å². The van der Waals surface area contributed by atoms with Gasteiger partial charge in [-0.25, -0.2) is 4.79 Å². The molecule has 3 N–H and O–H groups in total. The summed E-state index contributed by atoms with van der Waals surface area (Å²) in [7, 11) is 0. The van der Waals surface area contributed by atoms with Gasteiger partial charge in [0.15, 0.2) is 5.43 Å². The lowest BCUT2D eigenvalue weighted by molar-refractivity contribution is 0.0497. The molecule has 332 valence electrons. The molecular formula is C46H38Br5Cl3N6O4. The Morgan fingerprint density at radius 2 is 1.20 bits per heavy atom. The molecule has 0 saturated carbocycles. The van der Waals surface area contributed by atoms with Gasteiger partial charge < -0.3 is 24.9 Å². The molecule has 8 aromatic rings. The van der Waals surface area contributed by atoms with E-state index < -0.39 is 5.60 Å². The Morgan fingerprint density at radius 1 is 0.688 bits per heavy atom. The number of hydrogen-bond donors (Lipinski definition) is 3. The molecule has 1 fully saturated rings. The van der Waals surface area contributed by atoms with E-state index in [1.54, 1.807) is 24.7 Å². The van der Waals surface area contributed by atoms with Crippen LogP contribution < -0.4 is 21.1 Å². The third kappa shape index (κ3) is 13.3. The number of nitrogens with zero attached hydrogens (tertiary/aromatic N) is 3. The van der Waals surface area contributed by atoms with E-state index in [-0.39, 0.29) is 28.0 Å². The minimum absolute atomic E-state index is 0.0463. The number of hydrogen-bond acceptors (Lipinski definition) is 7. The number of nitrogens with one attached hydrogen (secondary N) is 3. The highest BCUT2D eigenvalue weighted by molar-refractivity contribution is 9.11. The fourth-order valence-corrected chi connectivity index (χ4v) is 9.03. The van der Waals surface area contributed by atoms with Gasteiger partial charge in [-0.3, -0.25) is 19.6 Å². The lowest BCUT2D eigenvalue weighted by atomic mass is 10.0. The number of benzene rings is 4.